The SMILES string of the molecule is CC(C)=COC=C(C)C.OCC1(CO)CCCCC1. The summed E-state index contributed by atoms with van der Waals surface area (Å²) in [5, 5.41) is 18.0. The molecule has 3 nitrogen and oxygen atoms in total. The molecule has 0 amide bonds. The molecular formula is C16H30O3. The number of hydrogen-bond donors (Lipinski definition) is 2. The van der Waals surface area contributed by atoms with E-state index in [1.165, 1.54) is 30.4 Å². The van der Waals surface area contributed by atoms with Crippen molar-refractivity contribution in [3.63, 3.8) is 0 Å². The monoisotopic (exact) mass is 270 g/mol. The summed E-state index contributed by atoms with van der Waals surface area (Å²) in [6.45, 7) is 8.31. The first-order valence-corrected chi connectivity index (χ1v) is 7.10. The fourth-order valence-corrected chi connectivity index (χ4v) is 1.97. The summed E-state index contributed by atoms with van der Waals surface area (Å²) in [4.78, 5) is 0. The molecule has 0 aliphatic heterocycles. The maximum atomic E-state index is 8.98. The zero-order valence-corrected chi connectivity index (χ0v) is 12.9. The van der Waals surface area contributed by atoms with Crippen LogP contribution >= 0.6 is 0 Å². The molecule has 0 spiro atoms. The van der Waals surface area contributed by atoms with Crippen molar-refractivity contribution in [1.82, 2.24) is 0 Å². The van der Waals surface area contributed by atoms with Gasteiger partial charge in [0.25, 0.3) is 0 Å². The largest absolute Gasteiger partial charge is 0.473 e. The van der Waals surface area contributed by atoms with E-state index in [2.05, 4.69) is 0 Å². The van der Waals surface area contributed by atoms with Crippen molar-refractivity contribution in [3.8, 4) is 0 Å². The molecular weight excluding hydrogens is 240 g/mol. The number of rotatable bonds is 4. The van der Waals surface area contributed by atoms with Crippen molar-refractivity contribution in [1.29, 1.82) is 0 Å². The Balaban J connectivity index is 0.000000344. The Morgan fingerprint density at radius 2 is 1.32 bits per heavy atom. The average molecular weight is 270 g/mol. The predicted molar refractivity (Wildman–Crippen MR) is 79.6 cm³/mol. The average Bonchev–Trinajstić information content (AvgIpc) is 2.39. The van der Waals surface area contributed by atoms with Gasteiger partial charge in [-0.05, 0) is 51.7 Å². The van der Waals surface area contributed by atoms with Gasteiger partial charge in [-0.25, -0.2) is 0 Å². The third-order valence-corrected chi connectivity index (χ3v) is 3.19. The number of ether oxygens (including phenoxy) is 1. The molecule has 0 unspecified atom stereocenters. The highest BCUT2D eigenvalue weighted by Crippen LogP contribution is 2.34. The van der Waals surface area contributed by atoms with Crippen molar-refractivity contribution < 1.29 is 14.9 Å². The third-order valence-electron chi connectivity index (χ3n) is 3.19. The highest BCUT2D eigenvalue weighted by atomic mass is 16.5. The molecule has 19 heavy (non-hydrogen) atoms. The zero-order valence-electron chi connectivity index (χ0n) is 12.9. The summed E-state index contributed by atoms with van der Waals surface area (Å²) in [5.74, 6) is 0. The van der Waals surface area contributed by atoms with Gasteiger partial charge in [0.15, 0.2) is 0 Å². The van der Waals surface area contributed by atoms with E-state index in [1.807, 2.05) is 27.7 Å². The molecule has 112 valence electrons. The highest BCUT2D eigenvalue weighted by molar-refractivity contribution is 4.92. The highest BCUT2D eigenvalue weighted by Gasteiger charge is 2.30. The minimum Gasteiger partial charge on any atom is -0.473 e. The van der Waals surface area contributed by atoms with Crippen molar-refractivity contribution >= 4 is 0 Å². The minimum absolute atomic E-state index is 0.127. The number of aliphatic hydroxyl groups excluding tert-OH is 2. The molecule has 1 rings (SSSR count). The lowest BCUT2D eigenvalue weighted by Gasteiger charge is -2.33. The Morgan fingerprint density at radius 1 is 0.895 bits per heavy atom. The summed E-state index contributed by atoms with van der Waals surface area (Å²) in [6, 6.07) is 0. The van der Waals surface area contributed by atoms with Gasteiger partial charge in [-0.1, -0.05) is 19.3 Å². The van der Waals surface area contributed by atoms with Crippen LogP contribution in [0.2, 0.25) is 0 Å². The van der Waals surface area contributed by atoms with E-state index in [1.54, 1.807) is 12.5 Å². The summed E-state index contributed by atoms with van der Waals surface area (Å²) in [5.41, 5.74) is 2.22. The van der Waals surface area contributed by atoms with Crippen LogP contribution in [0.3, 0.4) is 0 Å². The van der Waals surface area contributed by atoms with Crippen molar-refractivity contribution in [3.05, 3.63) is 23.7 Å². The molecule has 1 aliphatic rings. The second-order valence-corrected chi connectivity index (χ2v) is 5.90. The number of hydrogen-bond acceptors (Lipinski definition) is 3. The molecule has 1 aliphatic carbocycles. The molecule has 0 heterocycles. The number of aliphatic hydroxyl groups is 2. The summed E-state index contributed by atoms with van der Waals surface area (Å²) in [6.07, 6.45) is 9.06. The van der Waals surface area contributed by atoms with Gasteiger partial charge in [-0.15, -0.1) is 0 Å². The molecule has 0 bridgehead atoms. The van der Waals surface area contributed by atoms with E-state index < -0.39 is 0 Å². The Hall–Kier alpha value is -0.800. The van der Waals surface area contributed by atoms with Crippen LogP contribution < -0.4 is 0 Å². The molecule has 0 radical (unpaired) electrons. The Morgan fingerprint density at radius 3 is 1.58 bits per heavy atom. The zero-order chi connectivity index (χ0) is 14.7. The van der Waals surface area contributed by atoms with Gasteiger partial charge in [-0.3, -0.25) is 0 Å². The molecule has 1 saturated carbocycles. The van der Waals surface area contributed by atoms with Crippen LogP contribution in [0.25, 0.3) is 0 Å². The van der Waals surface area contributed by atoms with Crippen molar-refractivity contribution in [2.75, 3.05) is 13.2 Å². The molecule has 0 saturated heterocycles. The normalized spacial score (nSPS) is 16.7. The first kappa shape index (κ1) is 18.2. The maximum Gasteiger partial charge on any atom is 0.0887 e. The van der Waals surface area contributed by atoms with Gasteiger partial charge in [0.2, 0.25) is 0 Å². The van der Waals surface area contributed by atoms with E-state index in [0.717, 1.165) is 12.8 Å². The fraction of sp³-hybridized carbons (Fsp3) is 0.750. The standard InChI is InChI=1S/C8H16O2.C8H14O/c9-6-8(7-10)4-2-1-3-5-8;1-7(2)5-9-6-8(3)4/h9-10H,1-7H2;5-6H,1-4H3. The van der Waals surface area contributed by atoms with E-state index in [-0.39, 0.29) is 18.6 Å². The Kier molecular flexibility index (Phi) is 9.62. The summed E-state index contributed by atoms with van der Waals surface area (Å²) in [7, 11) is 0. The van der Waals surface area contributed by atoms with E-state index in [0.29, 0.717) is 0 Å². The Labute approximate surface area is 118 Å². The number of allylic oxidation sites excluding steroid dienone is 2. The van der Waals surface area contributed by atoms with Crippen LogP contribution in [0, 0.1) is 5.41 Å². The lowest BCUT2D eigenvalue weighted by Crippen LogP contribution is -2.31. The Bertz CT molecular complexity index is 256. The van der Waals surface area contributed by atoms with Crippen LogP contribution in [-0.4, -0.2) is 23.4 Å². The van der Waals surface area contributed by atoms with Gasteiger partial charge >= 0.3 is 0 Å². The van der Waals surface area contributed by atoms with E-state index in [9.17, 15) is 0 Å². The maximum absolute atomic E-state index is 8.98. The molecule has 0 aromatic rings. The molecule has 0 aromatic carbocycles. The van der Waals surface area contributed by atoms with Crippen LogP contribution in [0.5, 0.6) is 0 Å². The first-order chi connectivity index (χ1) is 8.95. The van der Waals surface area contributed by atoms with Gasteiger partial charge in [0.05, 0.1) is 25.7 Å². The molecule has 0 aromatic heterocycles. The minimum atomic E-state index is -0.127. The van der Waals surface area contributed by atoms with Crippen LogP contribution in [-0.2, 0) is 4.74 Å². The van der Waals surface area contributed by atoms with Gasteiger partial charge in [0, 0.05) is 5.41 Å². The van der Waals surface area contributed by atoms with Gasteiger partial charge < -0.3 is 14.9 Å². The van der Waals surface area contributed by atoms with Gasteiger partial charge in [-0.2, -0.15) is 0 Å². The predicted octanol–water partition coefficient (Wildman–Crippen LogP) is 3.77. The fourth-order valence-electron chi connectivity index (χ4n) is 1.97. The second kappa shape index (κ2) is 10.0. The smallest absolute Gasteiger partial charge is 0.0887 e. The lowest BCUT2D eigenvalue weighted by atomic mass is 9.75. The lowest BCUT2D eigenvalue weighted by molar-refractivity contribution is 0.0234. The second-order valence-electron chi connectivity index (χ2n) is 5.90. The topological polar surface area (TPSA) is 49.7 Å². The third kappa shape index (κ3) is 8.84. The molecule has 0 atom stereocenters. The van der Waals surface area contributed by atoms with Crippen LogP contribution in [0.15, 0.2) is 23.7 Å². The van der Waals surface area contributed by atoms with Crippen LogP contribution in [0.1, 0.15) is 59.8 Å². The van der Waals surface area contributed by atoms with Crippen LogP contribution in [0.4, 0.5) is 0 Å². The first-order valence-electron chi connectivity index (χ1n) is 7.10. The molecule has 3 heteroatoms. The van der Waals surface area contributed by atoms with E-state index >= 15 is 0 Å². The summed E-state index contributed by atoms with van der Waals surface area (Å²) < 4.78 is 5.03. The molecule has 2 N–H and O–H groups in total. The van der Waals surface area contributed by atoms with Crippen molar-refractivity contribution in [2.24, 2.45) is 5.41 Å². The van der Waals surface area contributed by atoms with E-state index in [4.69, 9.17) is 14.9 Å². The quantitative estimate of drug-likeness (QED) is 0.764. The molecule has 1 fully saturated rings. The summed E-state index contributed by atoms with van der Waals surface area (Å²) >= 11 is 0. The van der Waals surface area contributed by atoms with Gasteiger partial charge in [0.1, 0.15) is 0 Å². The van der Waals surface area contributed by atoms with Crippen molar-refractivity contribution in [2.45, 2.75) is 59.8 Å².